The lowest BCUT2D eigenvalue weighted by atomic mass is 9.97. The molecule has 4 rings (SSSR count). The van der Waals surface area contributed by atoms with Crippen LogP contribution in [0, 0.1) is 5.92 Å². The largest absolute Gasteiger partial charge is 0.483 e. The van der Waals surface area contributed by atoms with E-state index in [-0.39, 0.29) is 29.9 Å². The van der Waals surface area contributed by atoms with Crippen LogP contribution >= 0.6 is 0 Å². The molecule has 0 bridgehead atoms. The van der Waals surface area contributed by atoms with Crippen molar-refractivity contribution in [3.63, 3.8) is 0 Å². The van der Waals surface area contributed by atoms with E-state index in [0.29, 0.717) is 44.1 Å². The quantitative estimate of drug-likeness (QED) is 0.423. The van der Waals surface area contributed by atoms with E-state index in [1.807, 2.05) is 11.0 Å². The van der Waals surface area contributed by atoms with Crippen LogP contribution in [-0.4, -0.2) is 66.6 Å². The second-order valence-corrected chi connectivity index (χ2v) is 9.48. The van der Waals surface area contributed by atoms with Crippen molar-refractivity contribution in [2.24, 2.45) is 5.92 Å². The summed E-state index contributed by atoms with van der Waals surface area (Å²) in [6.45, 7) is -0.524. The molecule has 1 atom stereocenters. The summed E-state index contributed by atoms with van der Waals surface area (Å²) in [5.41, 5.74) is 2.32. The number of pyridine rings is 2. The number of ether oxygens (including phenoxy) is 3. The van der Waals surface area contributed by atoms with Crippen molar-refractivity contribution in [2.75, 3.05) is 38.3 Å². The third-order valence-electron chi connectivity index (χ3n) is 6.90. The number of aryl methyl sites for hydroxylation is 1. The standard InChI is InChI=1S/C25H28F5N3O5/c1-36-21-10-19(20(12-32-21)38-14-24(26,27)25(28,29)30)33-6-4-15(5-7-33)13-37-22-9-18-16(8-23(34)35)2-3-17(18)11-31-22/h9-12,15-16H,2-8,13-14H2,1H3,(H,34,35). The molecule has 1 aliphatic heterocycles. The average Bonchev–Trinajstić information content (AvgIpc) is 3.27. The van der Waals surface area contributed by atoms with E-state index < -0.39 is 24.7 Å². The van der Waals surface area contributed by atoms with Gasteiger partial charge in [0.2, 0.25) is 11.8 Å². The predicted octanol–water partition coefficient (Wildman–Crippen LogP) is 4.86. The third kappa shape index (κ3) is 6.36. The normalized spacial score (nSPS) is 18.3. The number of methoxy groups -OCH3 is 1. The maximum atomic E-state index is 13.4. The third-order valence-corrected chi connectivity index (χ3v) is 6.90. The van der Waals surface area contributed by atoms with Crippen molar-refractivity contribution in [1.82, 2.24) is 9.97 Å². The molecule has 2 aromatic heterocycles. The number of aromatic nitrogens is 2. The number of nitrogens with zero attached hydrogens (tertiary/aromatic N) is 3. The van der Waals surface area contributed by atoms with Crippen LogP contribution in [0.5, 0.6) is 17.5 Å². The molecule has 1 aliphatic carbocycles. The molecule has 0 aromatic carbocycles. The maximum Gasteiger partial charge on any atom is 0.456 e. The van der Waals surface area contributed by atoms with Gasteiger partial charge in [-0.1, -0.05) is 0 Å². The molecular formula is C25H28F5N3O5. The zero-order valence-electron chi connectivity index (χ0n) is 20.6. The number of aliphatic carboxylic acids is 1. The van der Waals surface area contributed by atoms with Crippen molar-refractivity contribution >= 4 is 11.7 Å². The molecule has 0 spiro atoms. The highest BCUT2D eigenvalue weighted by atomic mass is 19.4. The summed E-state index contributed by atoms with van der Waals surface area (Å²) in [6.07, 6.45) is 0.0287. The van der Waals surface area contributed by atoms with Gasteiger partial charge in [-0.05, 0) is 48.6 Å². The number of alkyl halides is 5. The molecule has 0 radical (unpaired) electrons. The Balaban J connectivity index is 1.35. The number of carboxylic acids is 1. The highest BCUT2D eigenvalue weighted by Gasteiger charge is 2.58. The Bertz CT molecular complexity index is 1140. The van der Waals surface area contributed by atoms with Gasteiger partial charge in [-0.25, -0.2) is 9.97 Å². The number of halogens is 5. The summed E-state index contributed by atoms with van der Waals surface area (Å²) in [5.74, 6) is -5.34. The Morgan fingerprint density at radius 2 is 1.76 bits per heavy atom. The molecule has 1 N–H and O–H groups in total. The van der Waals surface area contributed by atoms with Crippen LogP contribution in [0.15, 0.2) is 24.5 Å². The first-order valence-corrected chi connectivity index (χ1v) is 12.2. The van der Waals surface area contributed by atoms with E-state index in [1.165, 1.54) is 13.2 Å². The van der Waals surface area contributed by atoms with Gasteiger partial charge in [0.25, 0.3) is 0 Å². The van der Waals surface area contributed by atoms with E-state index in [2.05, 4.69) is 9.97 Å². The fourth-order valence-electron chi connectivity index (χ4n) is 4.73. The van der Waals surface area contributed by atoms with E-state index >= 15 is 0 Å². The van der Waals surface area contributed by atoms with Crippen LogP contribution in [0.3, 0.4) is 0 Å². The zero-order valence-corrected chi connectivity index (χ0v) is 20.6. The fourth-order valence-corrected chi connectivity index (χ4v) is 4.73. The summed E-state index contributed by atoms with van der Waals surface area (Å²) in [6, 6.07) is 3.26. The van der Waals surface area contributed by atoms with Gasteiger partial charge in [-0.2, -0.15) is 22.0 Å². The minimum Gasteiger partial charge on any atom is -0.483 e. The highest BCUT2D eigenvalue weighted by Crippen LogP contribution is 2.39. The van der Waals surface area contributed by atoms with E-state index in [1.54, 1.807) is 6.20 Å². The molecule has 2 aliphatic rings. The number of carbonyl (C=O) groups is 1. The van der Waals surface area contributed by atoms with Crippen molar-refractivity contribution in [3.05, 3.63) is 35.7 Å². The highest BCUT2D eigenvalue weighted by molar-refractivity contribution is 5.68. The molecule has 38 heavy (non-hydrogen) atoms. The van der Waals surface area contributed by atoms with Crippen LogP contribution in [0.2, 0.25) is 0 Å². The Kier molecular flexibility index (Phi) is 8.12. The molecule has 1 saturated heterocycles. The minimum atomic E-state index is -5.73. The van der Waals surface area contributed by atoms with E-state index in [0.717, 1.165) is 30.2 Å². The van der Waals surface area contributed by atoms with Crippen LogP contribution < -0.4 is 19.1 Å². The number of rotatable bonds is 10. The zero-order chi connectivity index (χ0) is 27.5. The minimum absolute atomic E-state index is 0.0547. The number of hydrogen-bond acceptors (Lipinski definition) is 7. The lowest BCUT2D eigenvalue weighted by Crippen LogP contribution is -2.42. The summed E-state index contributed by atoms with van der Waals surface area (Å²) >= 11 is 0. The number of piperidine rings is 1. The Labute approximate surface area is 215 Å². The Morgan fingerprint density at radius 3 is 2.42 bits per heavy atom. The molecule has 208 valence electrons. The van der Waals surface area contributed by atoms with Gasteiger partial charge >= 0.3 is 18.1 Å². The van der Waals surface area contributed by atoms with Gasteiger partial charge in [0.1, 0.15) is 0 Å². The molecule has 2 aromatic rings. The maximum absolute atomic E-state index is 13.4. The Morgan fingerprint density at radius 1 is 1.05 bits per heavy atom. The van der Waals surface area contributed by atoms with Crippen LogP contribution in [0.25, 0.3) is 0 Å². The molecule has 1 fully saturated rings. The first kappa shape index (κ1) is 27.6. The van der Waals surface area contributed by atoms with Crippen molar-refractivity contribution in [1.29, 1.82) is 0 Å². The summed E-state index contributed by atoms with van der Waals surface area (Å²) in [5, 5.41) is 9.14. The van der Waals surface area contributed by atoms with Crippen LogP contribution in [0.1, 0.15) is 42.7 Å². The second-order valence-electron chi connectivity index (χ2n) is 9.48. The van der Waals surface area contributed by atoms with Crippen molar-refractivity contribution in [2.45, 2.75) is 50.1 Å². The summed E-state index contributed by atoms with van der Waals surface area (Å²) in [4.78, 5) is 21.2. The number of hydrogen-bond donors (Lipinski definition) is 1. The Hall–Kier alpha value is -3.38. The van der Waals surface area contributed by atoms with Gasteiger partial charge in [-0.3, -0.25) is 4.79 Å². The first-order chi connectivity index (χ1) is 18.0. The molecule has 8 nitrogen and oxygen atoms in total. The van der Waals surface area contributed by atoms with Gasteiger partial charge in [-0.15, -0.1) is 0 Å². The molecule has 13 heteroatoms. The number of carboxylic acid groups (broad SMARTS) is 1. The smallest absolute Gasteiger partial charge is 0.456 e. The van der Waals surface area contributed by atoms with Crippen molar-refractivity contribution in [3.8, 4) is 17.5 Å². The summed E-state index contributed by atoms with van der Waals surface area (Å²) < 4.78 is 80.4. The molecular weight excluding hydrogens is 517 g/mol. The van der Waals surface area contributed by atoms with E-state index in [9.17, 15) is 26.7 Å². The van der Waals surface area contributed by atoms with Crippen LogP contribution in [-0.2, 0) is 11.2 Å². The second kappa shape index (κ2) is 11.2. The average molecular weight is 546 g/mol. The van der Waals surface area contributed by atoms with Crippen molar-refractivity contribution < 1.29 is 46.1 Å². The topological polar surface area (TPSA) is 94.0 Å². The molecule has 0 amide bonds. The first-order valence-electron chi connectivity index (χ1n) is 12.2. The number of fused-ring (bicyclic) bond motifs is 1. The SMILES string of the molecule is COc1cc(N2CCC(COc3cc4c(cn3)CCC4CC(=O)O)CC2)c(OCC(F)(F)C(F)(F)F)cn1. The lowest BCUT2D eigenvalue weighted by molar-refractivity contribution is -0.289. The van der Waals surface area contributed by atoms with Gasteiger partial charge in [0.05, 0.1) is 32.0 Å². The van der Waals surface area contributed by atoms with Gasteiger partial charge in [0.15, 0.2) is 12.4 Å². The lowest BCUT2D eigenvalue weighted by Gasteiger charge is -2.34. The van der Waals surface area contributed by atoms with Gasteiger partial charge in [0, 0.05) is 31.4 Å². The van der Waals surface area contributed by atoms with E-state index in [4.69, 9.17) is 19.3 Å². The molecule has 3 heterocycles. The summed E-state index contributed by atoms with van der Waals surface area (Å²) in [7, 11) is 1.37. The van der Waals surface area contributed by atoms with Gasteiger partial charge < -0.3 is 24.2 Å². The van der Waals surface area contributed by atoms with Crippen LogP contribution in [0.4, 0.5) is 27.6 Å². The molecule has 1 unspecified atom stereocenters. The monoisotopic (exact) mass is 545 g/mol. The number of anilines is 1. The predicted molar refractivity (Wildman–Crippen MR) is 125 cm³/mol. The fraction of sp³-hybridized carbons (Fsp3) is 0.560. The molecule has 0 saturated carbocycles.